The van der Waals surface area contributed by atoms with Gasteiger partial charge in [-0.3, -0.25) is 0 Å². The third-order valence-corrected chi connectivity index (χ3v) is 6.48. The zero-order valence-corrected chi connectivity index (χ0v) is 18.4. The number of cyclic esters (lactones) is 1. The lowest BCUT2D eigenvalue weighted by Gasteiger charge is -2.20. The number of fused-ring (bicyclic) bond motifs is 3. The molecule has 1 heterocycles. The van der Waals surface area contributed by atoms with Gasteiger partial charge in [-0.05, 0) is 44.8 Å². The van der Waals surface area contributed by atoms with Gasteiger partial charge in [-0.15, -0.1) is 0 Å². The molecule has 5 aromatic carbocycles. The summed E-state index contributed by atoms with van der Waals surface area (Å²) < 4.78 is 11.1. The van der Waals surface area contributed by atoms with Gasteiger partial charge in [0.25, 0.3) is 0 Å². The van der Waals surface area contributed by atoms with Crippen LogP contribution in [0.15, 0.2) is 97.1 Å². The minimum absolute atomic E-state index is 0.365. The average Bonchev–Trinajstić information content (AvgIpc) is 3.22. The van der Waals surface area contributed by atoms with Crippen LogP contribution in [-0.2, 0) is 9.47 Å². The maximum absolute atomic E-state index is 13.1. The van der Waals surface area contributed by atoms with Gasteiger partial charge in [0.05, 0.1) is 18.2 Å². The van der Waals surface area contributed by atoms with Gasteiger partial charge in [-0.2, -0.15) is 0 Å². The Bertz CT molecular complexity index is 1600. The van der Waals surface area contributed by atoms with Gasteiger partial charge < -0.3 is 9.47 Å². The number of hydrogen-bond acceptors (Lipinski definition) is 4. The number of ether oxygens (including phenoxy) is 2. The highest BCUT2D eigenvalue weighted by Gasteiger charge is 2.37. The van der Waals surface area contributed by atoms with Crippen LogP contribution in [0.2, 0.25) is 0 Å². The summed E-state index contributed by atoms with van der Waals surface area (Å²) in [5, 5.41) is 3.76. The fourth-order valence-electron chi connectivity index (χ4n) is 4.99. The zero-order chi connectivity index (χ0) is 23.2. The highest BCUT2D eigenvalue weighted by Crippen LogP contribution is 2.48. The second-order valence-corrected chi connectivity index (χ2v) is 8.33. The van der Waals surface area contributed by atoms with Crippen LogP contribution >= 0.6 is 0 Å². The molecule has 4 heteroatoms. The smallest absolute Gasteiger partial charge is 0.339 e. The van der Waals surface area contributed by atoms with E-state index in [-0.39, 0.29) is 5.97 Å². The summed E-state index contributed by atoms with van der Waals surface area (Å²) in [5.74, 6) is -0.792. The fourth-order valence-corrected chi connectivity index (χ4v) is 4.99. The number of esters is 2. The van der Waals surface area contributed by atoms with Crippen molar-refractivity contribution in [1.29, 1.82) is 0 Å². The van der Waals surface area contributed by atoms with Crippen molar-refractivity contribution in [2.24, 2.45) is 0 Å². The summed E-state index contributed by atoms with van der Waals surface area (Å²) in [6, 6.07) is 31.2. The molecule has 1 aliphatic heterocycles. The van der Waals surface area contributed by atoms with E-state index in [1.165, 1.54) is 7.11 Å². The molecule has 164 valence electrons. The van der Waals surface area contributed by atoms with E-state index in [4.69, 9.17) is 9.47 Å². The van der Waals surface area contributed by atoms with Crippen LogP contribution in [-0.4, -0.2) is 19.0 Å². The van der Waals surface area contributed by atoms with Gasteiger partial charge in [0.1, 0.15) is 0 Å². The van der Waals surface area contributed by atoms with Crippen molar-refractivity contribution in [2.75, 3.05) is 7.11 Å². The largest absolute Gasteiger partial charge is 0.465 e. The number of methoxy groups -OCH3 is 1. The Labute approximate surface area is 196 Å². The first-order valence-electron chi connectivity index (χ1n) is 11.1. The van der Waals surface area contributed by atoms with Crippen LogP contribution in [0.4, 0.5) is 0 Å². The number of rotatable bonds is 3. The highest BCUT2D eigenvalue weighted by molar-refractivity contribution is 6.16. The first-order chi connectivity index (χ1) is 16.7. The van der Waals surface area contributed by atoms with E-state index in [9.17, 15) is 9.59 Å². The Morgan fingerprint density at radius 2 is 1.41 bits per heavy atom. The normalized spacial score (nSPS) is 14.7. The summed E-state index contributed by atoms with van der Waals surface area (Å²) in [5.41, 5.74) is 4.20. The summed E-state index contributed by atoms with van der Waals surface area (Å²) in [6.45, 7) is 0. The second-order valence-electron chi connectivity index (χ2n) is 8.33. The van der Waals surface area contributed by atoms with Crippen LogP contribution in [0.5, 0.6) is 0 Å². The third-order valence-electron chi connectivity index (χ3n) is 6.48. The minimum Gasteiger partial charge on any atom is -0.465 e. The lowest BCUT2D eigenvalue weighted by molar-refractivity contribution is 0.0455. The first-order valence-corrected chi connectivity index (χ1v) is 11.1. The maximum Gasteiger partial charge on any atom is 0.339 e. The Morgan fingerprint density at radius 3 is 2.15 bits per heavy atom. The van der Waals surface area contributed by atoms with E-state index >= 15 is 0 Å². The molecule has 0 saturated heterocycles. The zero-order valence-electron chi connectivity index (χ0n) is 18.4. The molecule has 0 aliphatic carbocycles. The van der Waals surface area contributed by atoms with E-state index in [0.29, 0.717) is 11.1 Å². The predicted octanol–water partition coefficient (Wildman–Crippen LogP) is 6.71. The monoisotopic (exact) mass is 444 g/mol. The van der Waals surface area contributed by atoms with Crippen molar-refractivity contribution >= 4 is 33.5 Å². The molecule has 5 aromatic rings. The lowest BCUT2D eigenvalue weighted by Crippen LogP contribution is -2.07. The molecule has 34 heavy (non-hydrogen) atoms. The first kappa shape index (κ1) is 20.2. The molecule has 0 saturated carbocycles. The van der Waals surface area contributed by atoms with Crippen molar-refractivity contribution < 1.29 is 19.1 Å². The van der Waals surface area contributed by atoms with Crippen LogP contribution < -0.4 is 0 Å². The quantitative estimate of drug-likeness (QED) is 0.290. The molecule has 0 radical (unpaired) electrons. The SMILES string of the molecule is COC(=O)c1ccc2ccccc2c1-c1c2c(cc3ccccc13)C(=O)O[C@H]2c1ccccc1. The Morgan fingerprint density at radius 1 is 0.765 bits per heavy atom. The molecule has 4 nitrogen and oxygen atoms in total. The standard InChI is InChI=1S/C30H20O4/c1-33-29(31)23-16-15-18-9-5-7-13-21(18)25(23)26-22-14-8-6-12-20(22)17-24-27(26)28(34-30(24)32)19-10-3-2-4-11-19/h2-17,28H,1H3/t28-/m0/s1. The van der Waals surface area contributed by atoms with E-state index in [1.807, 2.05) is 91.0 Å². The molecular formula is C30H20O4. The van der Waals surface area contributed by atoms with E-state index in [0.717, 1.165) is 43.8 Å². The summed E-state index contributed by atoms with van der Waals surface area (Å²) in [7, 11) is 1.38. The van der Waals surface area contributed by atoms with E-state index in [2.05, 4.69) is 0 Å². The number of carbonyl (C=O) groups is 2. The topological polar surface area (TPSA) is 52.6 Å². The average molecular weight is 444 g/mol. The van der Waals surface area contributed by atoms with Gasteiger partial charge >= 0.3 is 11.9 Å². The summed E-state index contributed by atoms with van der Waals surface area (Å²) >= 11 is 0. The summed E-state index contributed by atoms with van der Waals surface area (Å²) in [6.07, 6.45) is -0.576. The molecule has 0 fully saturated rings. The lowest BCUT2D eigenvalue weighted by atomic mass is 9.83. The molecule has 0 N–H and O–H groups in total. The number of hydrogen-bond donors (Lipinski definition) is 0. The van der Waals surface area contributed by atoms with Crippen LogP contribution in [0.3, 0.4) is 0 Å². The molecule has 0 spiro atoms. The minimum atomic E-state index is -0.576. The van der Waals surface area contributed by atoms with Crippen LogP contribution in [0, 0.1) is 0 Å². The molecule has 0 bridgehead atoms. The van der Waals surface area contributed by atoms with Crippen molar-refractivity contribution in [3.8, 4) is 11.1 Å². The van der Waals surface area contributed by atoms with Crippen molar-refractivity contribution in [3.63, 3.8) is 0 Å². The molecule has 0 unspecified atom stereocenters. The third kappa shape index (κ3) is 3.00. The molecule has 1 aliphatic rings. The van der Waals surface area contributed by atoms with Gasteiger partial charge in [-0.1, -0.05) is 84.9 Å². The van der Waals surface area contributed by atoms with Crippen LogP contribution in [0.1, 0.15) is 37.9 Å². The molecular weight excluding hydrogens is 424 g/mol. The van der Waals surface area contributed by atoms with Crippen molar-refractivity contribution in [1.82, 2.24) is 0 Å². The van der Waals surface area contributed by atoms with Gasteiger partial charge in [0.15, 0.2) is 6.10 Å². The number of benzene rings is 5. The number of carbonyl (C=O) groups excluding carboxylic acids is 2. The van der Waals surface area contributed by atoms with Gasteiger partial charge in [-0.25, -0.2) is 9.59 Å². The fraction of sp³-hybridized carbons (Fsp3) is 0.0667. The maximum atomic E-state index is 13.1. The molecule has 1 atom stereocenters. The van der Waals surface area contributed by atoms with E-state index in [1.54, 1.807) is 6.07 Å². The summed E-state index contributed by atoms with van der Waals surface area (Å²) in [4.78, 5) is 26.1. The Hall–Kier alpha value is -4.44. The van der Waals surface area contributed by atoms with Gasteiger partial charge in [0.2, 0.25) is 0 Å². The molecule has 0 amide bonds. The predicted molar refractivity (Wildman–Crippen MR) is 132 cm³/mol. The molecule has 6 rings (SSSR count). The molecule has 0 aromatic heterocycles. The second kappa shape index (κ2) is 7.85. The Balaban J connectivity index is 1.81. The van der Waals surface area contributed by atoms with Crippen LogP contribution in [0.25, 0.3) is 32.7 Å². The highest BCUT2D eigenvalue weighted by atomic mass is 16.5. The van der Waals surface area contributed by atoms with Crippen molar-refractivity contribution in [3.05, 3.63) is 119 Å². The Kier molecular flexibility index (Phi) is 4.66. The van der Waals surface area contributed by atoms with Gasteiger partial charge in [0, 0.05) is 11.1 Å². The van der Waals surface area contributed by atoms with Crippen molar-refractivity contribution in [2.45, 2.75) is 6.10 Å². The van der Waals surface area contributed by atoms with E-state index < -0.39 is 12.1 Å².